The van der Waals surface area contributed by atoms with E-state index in [1.54, 1.807) is 0 Å². The molecule has 0 fully saturated rings. The fourth-order valence-electron chi connectivity index (χ4n) is 10.6. The monoisotopic (exact) mass is 750 g/mol. The van der Waals surface area contributed by atoms with E-state index in [4.69, 9.17) is 0 Å². The first-order chi connectivity index (χ1) is 29.0. The van der Waals surface area contributed by atoms with E-state index in [9.17, 15) is 0 Å². The molecule has 2 nitrogen and oxygen atoms in total. The van der Waals surface area contributed by atoms with Crippen molar-refractivity contribution in [3.63, 3.8) is 0 Å². The van der Waals surface area contributed by atoms with Crippen molar-refractivity contribution in [2.24, 2.45) is 0 Å². The van der Waals surface area contributed by atoms with Gasteiger partial charge in [0, 0.05) is 26.9 Å². The Bertz CT molecular complexity index is 3470. The smallest absolute Gasteiger partial charge is 0.116 e. The van der Waals surface area contributed by atoms with Gasteiger partial charge in [0.2, 0.25) is 0 Å². The Labute approximate surface area is 341 Å². The molecule has 0 spiro atoms. The lowest BCUT2D eigenvalue weighted by atomic mass is 9.95. The van der Waals surface area contributed by atoms with Gasteiger partial charge >= 0.3 is 0 Å². The molecule has 0 N–H and O–H groups in total. The lowest BCUT2D eigenvalue weighted by Gasteiger charge is -2.36. The normalized spacial score (nSPS) is 13.4. The number of hydrogen-bond donors (Lipinski definition) is 0. The summed E-state index contributed by atoms with van der Waals surface area (Å²) in [6, 6.07) is 72.2. The van der Waals surface area contributed by atoms with Crippen LogP contribution in [0.3, 0.4) is 0 Å². The third kappa shape index (κ3) is 4.52. The zero-order valence-corrected chi connectivity index (χ0v) is 32.9. The van der Waals surface area contributed by atoms with Gasteiger partial charge < -0.3 is 9.13 Å². The Morgan fingerprint density at radius 2 is 0.712 bits per heavy atom. The highest BCUT2D eigenvalue weighted by Gasteiger charge is 2.35. The minimum absolute atomic E-state index is 0.355. The second-order valence-electron chi connectivity index (χ2n) is 16.9. The van der Waals surface area contributed by atoms with E-state index in [2.05, 4.69) is 217 Å². The molecule has 0 bridgehead atoms. The Hall–Kier alpha value is -7.42. The fourth-order valence-corrected chi connectivity index (χ4v) is 10.6. The maximum atomic E-state index is 2.61. The second kappa shape index (κ2) is 11.8. The molecule has 0 radical (unpaired) electrons. The summed E-state index contributed by atoms with van der Waals surface area (Å²) < 4.78 is 5.22. The van der Waals surface area contributed by atoms with Crippen LogP contribution < -0.4 is 0 Å². The van der Waals surface area contributed by atoms with Crippen LogP contribution in [-0.2, 0) is 5.66 Å². The van der Waals surface area contributed by atoms with Crippen molar-refractivity contribution < 1.29 is 0 Å². The highest BCUT2D eigenvalue weighted by molar-refractivity contribution is 6.29. The third-order valence-corrected chi connectivity index (χ3v) is 13.4. The molecule has 0 saturated carbocycles. The molecule has 3 heterocycles. The van der Waals surface area contributed by atoms with Crippen molar-refractivity contribution >= 4 is 75.9 Å². The quantitative estimate of drug-likeness (QED) is 0.170. The van der Waals surface area contributed by atoms with Gasteiger partial charge in [0.25, 0.3) is 0 Å². The molecule has 2 aromatic heterocycles. The van der Waals surface area contributed by atoms with E-state index >= 15 is 0 Å². The molecule has 2 heteroatoms. The van der Waals surface area contributed by atoms with E-state index in [-0.39, 0.29) is 5.66 Å². The number of aromatic nitrogens is 2. The van der Waals surface area contributed by atoms with Crippen molar-refractivity contribution in [2.45, 2.75) is 19.5 Å². The van der Waals surface area contributed by atoms with E-state index in [0.29, 0.717) is 0 Å². The average Bonchev–Trinajstić information content (AvgIpc) is 3.82. The van der Waals surface area contributed by atoms with Crippen molar-refractivity contribution in [2.75, 3.05) is 0 Å². The topological polar surface area (TPSA) is 9.86 Å². The molecule has 276 valence electrons. The summed E-state index contributed by atoms with van der Waals surface area (Å²) in [5, 5.41) is 12.9. The number of rotatable bonds is 4. The summed E-state index contributed by atoms with van der Waals surface area (Å²) in [6.07, 6.45) is 0. The van der Waals surface area contributed by atoms with Crippen LogP contribution in [0.1, 0.15) is 13.8 Å². The maximum Gasteiger partial charge on any atom is 0.116 e. The lowest BCUT2D eigenvalue weighted by Crippen LogP contribution is -2.36. The van der Waals surface area contributed by atoms with Gasteiger partial charge in [-0.2, -0.15) is 0 Å². The third-order valence-electron chi connectivity index (χ3n) is 13.4. The van der Waals surface area contributed by atoms with Gasteiger partial charge in [0.15, 0.2) is 0 Å². The van der Waals surface area contributed by atoms with Gasteiger partial charge in [-0.15, -0.1) is 0 Å². The van der Waals surface area contributed by atoms with Gasteiger partial charge in [0.05, 0.1) is 22.1 Å². The number of nitrogens with zero attached hydrogens (tertiary/aromatic N) is 2. The van der Waals surface area contributed by atoms with Gasteiger partial charge in [-0.3, -0.25) is 0 Å². The van der Waals surface area contributed by atoms with Crippen molar-refractivity contribution in [3.8, 4) is 44.5 Å². The minimum Gasteiger partial charge on any atom is -0.316 e. The molecule has 13 rings (SSSR count). The molecule has 0 atom stereocenters. The molecule has 0 unspecified atom stereocenters. The zero-order valence-electron chi connectivity index (χ0n) is 32.9. The van der Waals surface area contributed by atoms with Crippen molar-refractivity contribution in [3.05, 3.63) is 194 Å². The van der Waals surface area contributed by atoms with Crippen molar-refractivity contribution in [1.82, 2.24) is 9.13 Å². The molecule has 10 aromatic carbocycles. The Morgan fingerprint density at radius 3 is 1.19 bits per heavy atom. The lowest BCUT2D eigenvalue weighted by molar-refractivity contribution is 0.328. The molecular weight excluding hydrogens is 713 g/mol. The molecule has 12 aromatic rings. The Balaban J connectivity index is 0.939. The summed E-state index contributed by atoms with van der Waals surface area (Å²) in [4.78, 5) is 0. The first-order valence-corrected chi connectivity index (χ1v) is 20.7. The molecule has 0 amide bonds. The van der Waals surface area contributed by atoms with Crippen LogP contribution in [0, 0.1) is 0 Å². The van der Waals surface area contributed by atoms with Crippen LogP contribution >= 0.6 is 0 Å². The van der Waals surface area contributed by atoms with Gasteiger partial charge in [-0.05, 0) is 110 Å². The van der Waals surface area contributed by atoms with E-state index in [0.717, 1.165) is 0 Å². The van der Waals surface area contributed by atoms with Crippen LogP contribution in [0.2, 0.25) is 0 Å². The fraction of sp³-hybridized carbons (Fsp3) is 0.0526. The van der Waals surface area contributed by atoms with Crippen LogP contribution in [0.5, 0.6) is 0 Å². The standard InChI is InChI=1S/C57H38N2/c1-57(2)58-52-31-27-42(35-17-21-39(22-18-35)46-15-7-11-37-9-3-5-13-44(37)46)33-50(52)48-29-25-41-26-30-49-51-34-43(28-32-53(51)59(57)56(49)54(41)55(48)58)36-19-23-40(24-20-36)47-16-8-12-38-10-4-6-14-45(38)47/h3-34H,1-2H3. The summed E-state index contributed by atoms with van der Waals surface area (Å²) in [7, 11) is 0. The SMILES string of the molecule is CC1(C)n2c3ccc(-c4ccc(-c5cccc6ccccc56)cc4)cc3c3ccc4ccc5c6cc(-c7ccc(-c8cccc9ccccc89)cc7)ccc6n1c5c4c32. The number of fused-ring (bicyclic) bond motifs is 8. The first-order valence-electron chi connectivity index (χ1n) is 20.7. The average molecular weight is 751 g/mol. The molecule has 0 saturated heterocycles. The van der Waals surface area contributed by atoms with Crippen LogP contribution in [0.15, 0.2) is 194 Å². The van der Waals surface area contributed by atoms with Crippen LogP contribution in [0.4, 0.5) is 0 Å². The predicted octanol–water partition coefficient (Wildman–Crippen LogP) is 15.6. The molecule has 1 aliphatic rings. The number of benzene rings is 10. The van der Waals surface area contributed by atoms with Gasteiger partial charge in [0.1, 0.15) is 5.66 Å². The predicted molar refractivity (Wildman–Crippen MR) is 251 cm³/mol. The largest absolute Gasteiger partial charge is 0.316 e. The summed E-state index contributed by atoms with van der Waals surface area (Å²) >= 11 is 0. The molecule has 59 heavy (non-hydrogen) atoms. The van der Waals surface area contributed by atoms with E-state index in [1.165, 1.54) is 120 Å². The van der Waals surface area contributed by atoms with Crippen LogP contribution in [-0.4, -0.2) is 9.13 Å². The molecule has 1 aliphatic heterocycles. The molecule has 0 aliphatic carbocycles. The summed E-state index contributed by atoms with van der Waals surface area (Å²) in [5.74, 6) is 0. The van der Waals surface area contributed by atoms with Gasteiger partial charge in [-0.25, -0.2) is 0 Å². The zero-order chi connectivity index (χ0) is 39.0. The number of hydrogen-bond acceptors (Lipinski definition) is 0. The Morgan fingerprint density at radius 1 is 0.305 bits per heavy atom. The Kier molecular flexibility index (Phi) is 6.54. The summed E-state index contributed by atoms with van der Waals surface area (Å²) in [6.45, 7) is 4.78. The summed E-state index contributed by atoms with van der Waals surface area (Å²) in [5.41, 5.74) is 14.8. The minimum atomic E-state index is -0.355. The van der Waals surface area contributed by atoms with Gasteiger partial charge in [-0.1, -0.05) is 170 Å². The van der Waals surface area contributed by atoms with Crippen LogP contribution in [0.25, 0.3) is 120 Å². The molecular formula is C57H38N2. The van der Waals surface area contributed by atoms with E-state index < -0.39 is 0 Å². The highest BCUT2D eigenvalue weighted by Crippen LogP contribution is 2.50. The first kappa shape index (κ1) is 32.6. The second-order valence-corrected chi connectivity index (χ2v) is 16.9. The van der Waals surface area contributed by atoms with Crippen molar-refractivity contribution in [1.29, 1.82) is 0 Å². The highest BCUT2D eigenvalue weighted by atomic mass is 15.3. The maximum absolute atomic E-state index is 2.61. The van der Waals surface area contributed by atoms with E-state index in [1.807, 2.05) is 0 Å².